The molecule has 0 bridgehead atoms. The van der Waals surface area contributed by atoms with E-state index >= 15 is 0 Å². The maximum Gasteiger partial charge on any atom is 0.242 e. The zero-order valence-corrected chi connectivity index (χ0v) is 11.2. The molecule has 1 aliphatic heterocycles. The Hall–Kier alpha value is -0.330. The van der Waals surface area contributed by atoms with E-state index in [4.69, 9.17) is 23.2 Å². The first-order valence-electron chi connectivity index (χ1n) is 5.17. The third-order valence-corrected chi connectivity index (χ3v) is 4.80. The van der Waals surface area contributed by atoms with Crippen LogP contribution in [0.15, 0.2) is 23.1 Å². The first-order chi connectivity index (χ1) is 7.99. The Balaban J connectivity index is 2.27. The van der Waals surface area contributed by atoms with Gasteiger partial charge >= 0.3 is 0 Å². The minimum absolute atomic E-state index is 0.0265. The van der Waals surface area contributed by atoms with E-state index < -0.39 is 10.0 Å². The second-order valence-electron chi connectivity index (χ2n) is 3.89. The fourth-order valence-corrected chi connectivity index (χ4v) is 3.75. The monoisotopic (exact) mass is 294 g/mol. The molecule has 0 unspecified atom stereocenters. The lowest BCUT2D eigenvalue weighted by Gasteiger charge is -2.13. The van der Waals surface area contributed by atoms with Crippen molar-refractivity contribution in [2.75, 3.05) is 13.1 Å². The summed E-state index contributed by atoms with van der Waals surface area (Å²) >= 11 is 11.6. The van der Waals surface area contributed by atoms with Gasteiger partial charge in [-0.25, -0.2) is 13.1 Å². The fourth-order valence-electron chi connectivity index (χ4n) is 1.72. The van der Waals surface area contributed by atoms with Gasteiger partial charge in [0.05, 0.1) is 5.02 Å². The van der Waals surface area contributed by atoms with E-state index in [0.29, 0.717) is 11.6 Å². The van der Waals surface area contributed by atoms with E-state index in [-0.39, 0.29) is 16.0 Å². The van der Waals surface area contributed by atoms with Crippen LogP contribution in [-0.4, -0.2) is 27.5 Å². The molecule has 1 aliphatic rings. The molecule has 1 heterocycles. The lowest BCUT2D eigenvalue weighted by atomic mass is 10.3. The summed E-state index contributed by atoms with van der Waals surface area (Å²) in [5.74, 6) is 0. The molecule has 0 radical (unpaired) electrons. The molecule has 4 nitrogen and oxygen atoms in total. The van der Waals surface area contributed by atoms with E-state index in [1.807, 2.05) is 0 Å². The molecule has 0 saturated carbocycles. The van der Waals surface area contributed by atoms with Crippen LogP contribution in [0, 0.1) is 0 Å². The van der Waals surface area contributed by atoms with Crippen molar-refractivity contribution in [1.82, 2.24) is 10.0 Å². The summed E-state index contributed by atoms with van der Waals surface area (Å²) in [5.41, 5.74) is 0. The molecule has 2 rings (SSSR count). The number of rotatable bonds is 3. The van der Waals surface area contributed by atoms with Crippen molar-refractivity contribution in [3.63, 3.8) is 0 Å². The Kier molecular flexibility index (Phi) is 3.95. The van der Waals surface area contributed by atoms with Crippen molar-refractivity contribution >= 4 is 33.2 Å². The zero-order valence-electron chi connectivity index (χ0n) is 8.91. The van der Waals surface area contributed by atoms with Gasteiger partial charge in [0.15, 0.2) is 0 Å². The van der Waals surface area contributed by atoms with Crippen molar-refractivity contribution in [2.24, 2.45) is 0 Å². The number of benzene rings is 1. The molecule has 0 amide bonds. The van der Waals surface area contributed by atoms with Gasteiger partial charge in [-0.3, -0.25) is 0 Å². The molecule has 0 aromatic heterocycles. The van der Waals surface area contributed by atoms with Gasteiger partial charge in [0.25, 0.3) is 0 Å². The molecule has 7 heteroatoms. The van der Waals surface area contributed by atoms with Crippen molar-refractivity contribution in [2.45, 2.75) is 17.4 Å². The van der Waals surface area contributed by atoms with Crippen LogP contribution in [-0.2, 0) is 10.0 Å². The Labute approximate surface area is 110 Å². The molecule has 1 fully saturated rings. The van der Waals surface area contributed by atoms with E-state index in [1.54, 1.807) is 6.07 Å². The Morgan fingerprint density at radius 2 is 2.12 bits per heavy atom. The average molecular weight is 295 g/mol. The molecule has 0 spiro atoms. The predicted octanol–water partition coefficient (Wildman–Crippen LogP) is 1.63. The van der Waals surface area contributed by atoms with Gasteiger partial charge in [0, 0.05) is 17.6 Å². The van der Waals surface area contributed by atoms with Crippen LogP contribution >= 0.6 is 23.2 Å². The van der Waals surface area contributed by atoms with Crippen molar-refractivity contribution in [3.05, 3.63) is 28.2 Å². The van der Waals surface area contributed by atoms with Gasteiger partial charge in [0.2, 0.25) is 10.0 Å². The molecule has 1 saturated heterocycles. The van der Waals surface area contributed by atoms with Crippen LogP contribution in [0.25, 0.3) is 0 Å². The zero-order chi connectivity index (χ0) is 12.5. The predicted molar refractivity (Wildman–Crippen MR) is 68.1 cm³/mol. The smallest absolute Gasteiger partial charge is 0.242 e. The highest BCUT2D eigenvalue weighted by Crippen LogP contribution is 2.25. The summed E-state index contributed by atoms with van der Waals surface area (Å²) < 4.78 is 26.8. The second-order valence-corrected chi connectivity index (χ2v) is 6.41. The molecule has 1 aromatic carbocycles. The first-order valence-corrected chi connectivity index (χ1v) is 7.41. The normalized spacial score (nSPS) is 20.7. The molecular formula is C10H12Cl2N2O2S. The second kappa shape index (κ2) is 5.12. The van der Waals surface area contributed by atoms with Gasteiger partial charge in [-0.1, -0.05) is 23.2 Å². The Morgan fingerprint density at radius 1 is 1.35 bits per heavy atom. The summed E-state index contributed by atoms with van der Waals surface area (Å²) in [7, 11) is -3.60. The van der Waals surface area contributed by atoms with E-state index in [2.05, 4.69) is 10.0 Å². The van der Waals surface area contributed by atoms with Crippen LogP contribution in [0.2, 0.25) is 10.0 Å². The maximum atomic E-state index is 12.1. The number of hydrogen-bond acceptors (Lipinski definition) is 3. The van der Waals surface area contributed by atoms with E-state index in [1.165, 1.54) is 12.1 Å². The third-order valence-electron chi connectivity index (χ3n) is 2.56. The molecular weight excluding hydrogens is 283 g/mol. The fraction of sp³-hybridized carbons (Fsp3) is 0.400. The van der Waals surface area contributed by atoms with Crippen LogP contribution in [0.5, 0.6) is 0 Å². The summed E-state index contributed by atoms with van der Waals surface area (Å²) in [6, 6.07) is 4.30. The van der Waals surface area contributed by atoms with Gasteiger partial charge in [-0.05, 0) is 31.2 Å². The minimum atomic E-state index is -3.60. The number of halogens is 2. The highest BCUT2D eigenvalue weighted by Gasteiger charge is 2.24. The van der Waals surface area contributed by atoms with Crippen molar-refractivity contribution in [3.8, 4) is 0 Å². The highest BCUT2D eigenvalue weighted by atomic mass is 35.5. The molecule has 1 atom stereocenters. The molecule has 94 valence electrons. The van der Waals surface area contributed by atoms with Gasteiger partial charge in [0.1, 0.15) is 4.90 Å². The summed E-state index contributed by atoms with van der Waals surface area (Å²) in [6.45, 7) is 1.45. The van der Waals surface area contributed by atoms with Crippen molar-refractivity contribution in [1.29, 1.82) is 0 Å². The number of hydrogen-bond donors (Lipinski definition) is 2. The van der Waals surface area contributed by atoms with Crippen LogP contribution in [0.4, 0.5) is 0 Å². The van der Waals surface area contributed by atoms with Crippen LogP contribution in [0.3, 0.4) is 0 Å². The minimum Gasteiger partial charge on any atom is -0.315 e. The SMILES string of the molecule is O=S(=O)(N[C@H]1CCNC1)c1cc(Cl)ccc1Cl. The molecule has 1 aromatic rings. The van der Waals surface area contributed by atoms with E-state index in [0.717, 1.165) is 13.0 Å². The molecule has 0 aliphatic carbocycles. The van der Waals surface area contributed by atoms with Crippen molar-refractivity contribution < 1.29 is 8.42 Å². The van der Waals surface area contributed by atoms with Gasteiger partial charge in [-0.2, -0.15) is 0 Å². The van der Waals surface area contributed by atoms with Gasteiger partial charge in [-0.15, -0.1) is 0 Å². The molecule has 17 heavy (non-hydrogen) atoms. The topological polar surface area (TPSA) is 58.2 Å². The lowest BCUT2D eigenvalue weighted by molar-refractivity contribution is 0.560. The quantitative estimate of drug-likeness (QED) is 0.891. The lowest BCUT2D eigenvalue weighted by Crippen LogP contribution is -2.36. The summed E-state index contributed by atoms with van der Waals surface area (Å²) in [5, 5.41) is 3.61. The van der Waals surface area contributed by atoms with E-state index in [9.17, 15) is 8.42 Å². The Bertz CT molecular complexity index is 513. The molecule has 2 N–H and O–H groups in total. The summed E-state index contributed by atoms with van der Waals surface area (Å²) in [4.78, 5) is 0.0265. The summed E-state index contributed by atoms with van der Waals surface area (Å²) in [6.07, 6.45) is 0.775. The van der Waals surface area contributed by atoms with Gasteiger partial charge < -0.3 is 5.32 Å². The highest BCUT2D eigenvalue weighted by molar-refractivity contribution is 7.89. The van der Waals surface area contributed by atoms with Crippen LogP contribution < -0.4 is 10.0 Å². The Morgan fingerprint density at radius 3 is 2.76 bits per heavy atom. The number of sulfonamides is 1. The first kappa shape index (κ1) is 13.1. The third kappa shape index (κ3) is 3.11. The number of nitrogens with one attached hydrogen (secondary N) is 2. The standard InChI is InChI=1S/C10H12Cl2N2O2S/c11-7-1-2-9(12)10(5-7)17(15,16)14-8-3-4-13-6-8/h1-2,5,8,13-14H,3-4,6H2/t8-/m0/s1. The average Bonchev–Trinajstić information content (AvgIpc) is 2.73. The van der Waals surface area contributed by atoms with Crippen LogP contribution in [0.1, 0.15) is 6.42 Å². The maximum absolute atomic E-state index is 12.1. The largest absolute Gasteiger partial charge is 0.315 e.